The van der Waals surface area contributed by atoms with Gasteiger partial charge in [-0.25, -0.2) is 0 Å². The fourth-order valence-corrected chi connectivity index (χ4v) is 1.15. The van der Waals surface area contributed by atoms with Crippen LogP contribution in [-0.2, 0) is 22.6 Å². The summed E-state index contributed by atoms with van der Waals surface area (Å²) in [4.78, 5) is 23.2. The summed E-state index contributed by atoms with van der Waals surface area (Å²) < 4.78 is 1.51. The van der Waals surface area contributed by atoms with Crippen LogP contribution in [0.15, 0.2) is 12.4 Å². The molecule has 0 fully saturated rings. The van der Waals surface area contributed by atoms with E-state index in [1.807, 2.05) is 0 Å². The van der Waals surface area contributed by atoms with E-state index in [2.05, 4.69) is 5.10 Å². The number of amides is 1. The molecule has 0 unspecified atom stereocenters. The van der Waals surface area contributed by atoms with E-state index in [9.17, 15) is 9.59 Å². The van der Waals surface area contributed by atoms with E-state index < -0.39 is 5.97 Å². The molecule has 1 rings (SSSR count). The van der Waals surface area contributed by atoms with Gasteiger partial charge in [-0.1, -0.05) is 0 Å². The molecule has 0 atom stereocenters. The lowest BCUT2D eigenvalue weighted by Gasteiger charge is -2.09. The summed E-state index contributed by atoms with van der Waals surface area (Å²) >= 11 is 0. The predicted octanol–water partition coefficient (Wildman–Crippen LogP) is -0.0115. The van der Waals surface area contributed by atoms with E-state index >= 15 is 0 Å². The van der Waals surface area contributed by atoms with Crippen molar-refractivity contribution < 1.29 is 14.7 Å². The van der Waals surface area contributed by atoms with Crippen LogP contribution < -0.4 is 0 Å². The fraction of sp³-hybridized carbons (Fsp3) is 0.500. The molecular weight excluding hydrogens is 210 g/mol. The number of aromatic nitrogens is 2. The zero-order valence-electron chi connectivity index (χ0n) is 9.38. The summed E-state index contributed by atoms with van der Waals surface area (Å²) in [5.41, 5.74) is 0.828. The van der Waals surface area contributed by atoms with Crippen molar-refractivity contribution in [2.45, 2.75) is 19.4 Å². The van der Waals surface area contributed by atoms with Crippen LogP contribution in [0.25, 0.3) is 0 Å². The first-order chi connectivity index (χ1) is 7.49. The quantitative estimate of drug-likeness (QED) is 0.764. The van der Waals surface area contributed by atoms with Crippen LogP contribution in [0.1, 0.15) is 12.0 Å². The Kier molecular flexibility index (Phi) is 4.04. The summed E-state index contributed by atoms with van der Waals surface area (Å²) in [6.45, 7) is 0.181. The fourth-order valence-electron chi connectivity index (χ4n) is 1.15. The van der Waals surface area contributed by atoms with Crippen molar-refractivity contribution in [1.29, 1.82) is 0 Å². The van der Waals surface area contributed by atoms with Gasteiger partial charge in [-0.15, -0.1) is 0 Å². The van der Waals surface area contributed by atoms with E-state index in [1.54, 1.807) is 26.5 Å². The molecule has 1 amide bonds. The second-order valence-corrected chi connectivity index (χ2v) is 3.73. The molecule has 1 aromatic rings. The maximum absolute atomic E-state index is 11.4. The molecule has 0 radical (unpaired) electrons. The summed E-state index contributed by atoms with van der Waals surface area (Å²) in [6, 6.07) is 0. The standard InChI is InChI=1S/C10H15N3O3/c1-12(2)9(14)7-13-6-8(5-11-13)3-4-10(15)16/h5-6H,3-4,7H2,1-2H3,(H,15,16). The first-order valence-corrected chi connectivity index (χ1v) is 4.92. The van der Waals surface area contributed by atoms with Gasteiger partial charge < -0.3 is 10.0 Å². The molecule has 0 aliphatic rings. The van der Waals surface area contributed by atoms with Crippen LogP contribution in [0.3, 0.4) is 0 Å². The highest BCUT2D eigenvalue weighted by atomic mass is 16.4. The molecule has 0 saturated heterocycles. The minimum atomic E-state index is -0.836. The maximum atomic E-state index is 11.4. The van der Waals surface area contributed by atoms with Crippen molar-refractivity contribution in [3.63, 3.8) is 0 Å². The molecule has 6 heteroatoms. The lowest BCUT2D eigenvalue weighted by molar-refractivity contribution is -0.137. The molecule has 0 saturated carbocycles. The largest absolute Gasteiger partial charge is 0.481 e. The third-order valence-corrected chi connectivity index (χ3v) is 2.11. The molecular formula is C10H15N3O3. The van der Waals surface area contributed by atoms with Gasteiger partial charge in [0.15, 0.2) is 0 Å². The Balaban J connectivity index is 2.51. The van der Waals surface area contributed by atoms with Crippen molar-refractivity contribution in [3.05, 3.63) is 18.0 Å². The average molecular weight is 225 g/mol. The van der Waals surface area contributed by atoms with Crippen LogP contribution in [-0.4, -0.2) is 45.8 Å². The molecule has 1 N–H and O–H groups in total. The highest BCUT2D eigenvalue weighted by Gasteiger charge is 2.07. The highest BCUT2D eigenvalue weighted by molar-refractivity contribution is 5.75. The van der Waals surface area contributed by atoms with Gasteiger partial charge in [0.25, 0.3) is 0 Å². The molecule has 0 aliphatic heterocycles. The zero-order chi connectivity index (χ0) is 12.1. The second kappa shape index (κ2) is 5.29. The van der Waals surface area contributed by atoms with Crippen molar-refractivity contribution in [2.75, 3.05) is 14.1 Å². The topological polar surface area (TPSA) is 75.4 Å². The Bertz CT molecular complexity index is 384. The van der Waals surface area contributed by atoms with Crippen LogP contribution in [0, 0.1) is 0 Å². The summed E-state index contributed by atoms with van der Waals surface area (Å²) in [5.74, 6) is -0.884. The number of aryl methyl sites for hydroxylation is 1. The minimum Gasteiger partial charge on any atom is -0.481 e. The molecule has 88 valence electrons. The molecule has 0 aliphatic carbocycles. The number of carbonyl (C=O) groups excluding carboxylic acids is 1. The summed E-state index contributed by atoms with van der Waals surface area (Å²) in [5, 5.41) is 12.5. The number of carboxylic acid groups (broad SMARTS) is 1. The summed E-state index contributed by atoms with van der Waals surface area (Å²) in [7, 11) is 3.36. The average Bonchev–Trinajstić information content (AvgIpc) is 2.62. The molecule has 0 aromatic carbocycles. The Labute approximate surface area is 93.5 Å². The molecule has 1 aromatic heterocycles. The lowest BCUT2D eigenvalue weighted by Crippen LogP contribution is -2.26. The van der Waals surface area contributed by atoms with Crippen molar-refractivity contribution in [1.82, 2.24) is 14.7 Å². The van der Waals surface area contributed by atoms with E-state index in [-0.39, 0.29) is 18.9 Å². The van der Waals surface area contributed by atoms with Gasteiger partial charge in [0, 0.05) is 26.7 Å². The molecule has 16 heavy (non-hydrogen) atoms. The number of nitrogens with zero attached hydrogens (tertiary/aromatic N) is 3. The third-order valence-electron chi connectivity index (χ3n) is 2.11. The second-order valence-electron chi connectivity index (χ2n) is 3.73. The van der Waals surface area contributed by atoms with Crippen molar-refractivity contribution in [2.24, 2.45) is 0 Å². The highest BCUT2D eigenvalue weighted by Crippen LogP contribution is 2.02. The number of hydrogen-bond donors (Lipinski definition) is 1. The first-order valence-electron chi connectivity index (χ1n) is 4.92. The first kappa shape index (κ1) is 12.2. The monoisotopic (exact) mass is 225 g/mol. The van der Waals surface area contributed by atoms with Gasteiger partial charge in [0.1, 0.15) is 6.54 Å². The van der Waals surface area contributed by atoms with E-state index in [0.717, 1.165) is 5.56 Å². The maximum Gasteiger partial charge on any atom is 0.303 e. The molecule has 0 spiro atoms. The number of rotatable bonds is 5. The minimum absolute atomic E-state index is 0.0483. The van der Waals surface area contributed by atoms with Gasteiger partial charge in [0.05, 0.1) is 6.20 Å². The summed E-state index contributed by atoms with van der Waals surface area (Å²) in [6.07, 6.45) is 3.80. The Morgan fingerprint density at radius 2 is 2.19 bits per heavy atom. The Hall–Kier alpha value is -1.85. The van der Waals surface area contributed by atoms with E-state index in [4.69, 9.17) is 5.11 Å². The van der Waals surface area contributed by atoms with Gasteiger partial charge in [0.2, 0.25) is 5.91 Å². The van der Waals surface area contributed by atoms with Gasteiger partial charge in [-0.05, 0) is 12.0 Å². The molecule has 0 bridgehead atoms. The van der Waals surface area contributed by atoms with Crippen molar-refractivity contribution in [3.8, 4) is 0 Å². The van der Waals surface area contributed by atoms with E-state index in [1.165, 1.54) is 9.58 Å². The molecule has 6 nitrogen and oxygen atoms in total. The number of aliphatic carboxylic acids is 1. The molecule has 1 heterocycles. The normalized spacial score (nSPS) is 10.1. The number of carbonyl (C=O) groups is 2. The van der Waals surface area contributed by atoms with Crippen LogP contribution in [0.4, 0.5) is 0 Å². The lowest BCUT2D eigenvalue weighted by atomic mass is 10.2. The Morgan fingerprint density at radius 3 is 2.75 bits per heavy atom. The van der Waals surface area contributed by atoms with Crippen molar-refractivity contribution >= 4 is 11.9 Å². The van der Waals surface area contributed by atoms with Gasteiger partial charge >= 0.3 is 5.97 Å². The van der Waals surface area contributed by atoms with Crippen LogP contribution >= 0.6 is 0 Å². The van der Waals surface area contributed by atoms with Gasteiger partial charge in [-0.2, -0.15) is 5.10 Å². The van der Waals surface area contributed by atoms with Gasteiger partial charge in [-0.3, -0.25) is 14.3 Å². The third kappa shape index (κ3) is 3.72. The smallest absolute Gasteiger partial charge is 0.303 e. The van der Waals surface area contributed by atoms with Crippen LogP contribution in [0.2, 0.25) is 0 Å². The number of likely N-dealkylation sites (N-methyl/N-ethyl adjacent to an activating group) is 1. The zero-order valence-corrected chi connectivity index (χ0v) is 9.38. The predicted molar refractivity (Wildman–Crippen MR) is 56.9 cm³/mol. The van der Waals surface area contributed by atoms with Crippen LogP contribution in [0.5, 0.6) is 0 Å². The Morgan fingerprint density at radius 1 is 1.50 bits per heavy atom. The SMILES string of the molecule is CN(C)C(=O)Cn1cc(CCC(=O)O)cn1. The number of carboxylic acids is 1. The van der Waals surface area contributed by atoms with E-state index in [0.29, 0.717) is 6.42 Å². The number of hydrogen-bond acceptors (Lipinski definition) is 3.